The standard InChI is InChI=1S/C10H7.Ni/c1-2-5-9-7-4-8-10(9)6-3-1;/h1-7H;/q-1;. The molecule has 0 saturated heterocycles. The van der Waals surface area contributed by atoms with Gasteiger partial charge in [0, 0.05) is 16.5 Å². The molecule has 0 amide bonds. The van der Waals surface area contributed by atoms with Gasteiger partial charge in [0.2, 0.25) is 0 Å². The summed E-state index contributed by atoms with van der Waals surface area (Å²) >= 11 is 0. The van der Waals surface area contributed by atoms with Crippen LogP contribution < -0.4 is 0 Å². The summed E-state index contributed by atoms with van der Waals surface area (Å²) in [7, 11) is 0. The second-order valence-corrected chi connectivity index (χ2v) is 2.26. The van der Waals surface area contributed by atoms with E-state index in [1.165, 1.54) is 11.1 Å². The Morgan fingerprint density at radius 2 is 1.73 bits per heavy atom. The van der Waals surface area contributed by atoms with Crippen LogP contribution in [0.1, 0.15) is 0 Å². The maximum atomic E-state index is 3.14. The maximum Gasteiger partial charge on any atom is 0 e. The quantitative estimate of drug-likeness (QED) is 0.438. The Kier molecular flexibility index (Phi) is 2.67. The second kappa shape index (κ2) is 3.55. The maximum absolute atomic E-state index is 3.14. The van der Waals surface area contributed by atoms with E-state index in [0.717, 1.165) is 0 Å². The van der Waals surface area contributed by atoms with Crippen LogP contribution in [-0.4, -0.2) is 0 Å². The molecule has 0 unspecified atom stereocenters. The minimum absolute atomic E-state index is 0. The van der Waals surface area contributed by atoms with E-state index in [1.807, 2.05) is 24.3 Å². The predicted octanol–water partition coefficient (Wildman–Crippen LogP) is 2.59. The van der Waals surface area contributed by atoms with Gasteiger partial charge >= 0.3 is 0 Å². The van der Waals surface area contributed by atoms with Crippen LogP contribution in [0.5, 0.6) is 0 Å². The van der Waals surface area contributed by atoms with E-state index < -0.39 is 0 Å². The molecule has 0 aromatic heterocycles. The number of hydrogen-bond donors (Lipinski definition) is 0. The summed E-state index contributed by atoms with van der Waals surface area (Å²) in [6, 6.07) is 17.4. The fraction of sp³-hybridized carbons (Fsp3) is 0. The van der Waals surface area contributed by atoms with E-state index in [2.05, 4.69) is 24.3 Å². The van der Waals surface area contributed by atoms with Gasteiger partial charge < -0.3 is 0 Å². The van der Waals surface area contributed by atoms with Crippen molar-refractivity contribution in [1.29, 1.82) is 0 Å². The molecule has 0 spiro atoms. The Hall–Kier alpha value is -0.806. The first-order valence-electron chi connectivity index (χ1n) is 3.32. The Labute approximate surface area is 76.5 Å². The zero-order valence-corrected chi connectivity index (χ0v) is 6.85. The van der Waals surface area contributed by atoms with Crippen molar-refractivity contribution >= 4 is 0 Å². The van der Waals surface area contributed by atoms with Gasteiger partial charge in [-0.25, -0.2) is 0 Å². The molecular formula is C10H7Ni-. The van der Waals surface area contributed by atoms with Crippen LogP contribution >= 0.6 is 0 Å². The number of hydrogen-bond acceptors (Lipinski definition) is 0. The Morgan fingerprint density at radius 3 is 2.64 bits per heavy atom. The summed E-state index contributed by atoms with van der Waals surface area (Å²) in [4.78, 5) is 0. The zero-order valence-electron chi connectivity index (χ0n) is 5.86. The van der Waals surface area contributed by atoms with Crippen LogP contribution in [-0.2, 0) is 16.5 Å². The zero-order chi connectivity index (χ0) is 6.81. The van der Waals surface area contributed by atoms with Crippen molar-refractivity contribution in [2.75, 3.05) is 0 Å². The molecule has 0 aromatic carbocycles. The molecule has 2 rings (SSSR count). The van der Waals surface area contributed by atoms with E-state index in [-0.39, 0.29) is 16.5 Å². The molecule has 0 aromatic rings. The Morgan fingerprint density at radius 1 is 0.909 bits per heavy atom. The van der Waals surface area contributed by atoms with Gasteiger partial charge in [-0.3, -0.25) is 0 Å². The van der Waals surface area contributed by atoms with Crippen molar-refractivity contribution in [3.63, 3.8) is 0 Å². The minimum atomic E-state index is 0. The van der Waals surface area contributed by atoms with E-state index in [9.17, 15) is 0 Å². The average molecular weight is 186 g/mol. The molecule has 0 nitrogen and oxygen atoms in total. The number of rotatable bonds is 0. The molecule has 0 bridgehead atoms. The van der Waals surface area contributed by atoms with Gasteiger partial charge in [0.25, 0.3) is 0 Å². The number of fused-ring (bicyclic) bond motifs is 1. The molecule has 1 heteroatoms. The summed E-state index contributed by atoms with van der Waals surface area (Å²) in [6.07, 6.45) is 0. The second-order valence-electron chi connectivity index (χ2n) is 2.26. The molecule has 0 fully saturated rings. The van der Waals surface area contributed by atoms with Crippen LogP contribution in [0.2, 0.25) is 0 Å². The van der Waals surface area contributed by atoms with Crippen molar-refractivity contribution in [3.8, 4) is 11.1 Å². The van der Waals surface area contributed by atoms with Crippen LogP contribution in [0.25, 0.3) is 11.1 Å². The first kappa shape index (κ1) is 8.29. The third-order valence-electron chi connectivity index (χ3n) is 1.57. The summed E-state index contributed by atoms with van der Waals surface area (Å²) in [5, 5.41) is 0. The van der Waals surface area contributed by atoms with Crippen LogP contribution in [0.4, 0.5) is 0 Å². The Balaban J connectivity index is 0.000000605. The normalized spacial score (nSPS) is 9.09. The molecular weight excluding hydrogens is 179 g/mol. The molecule has 0 saturated carbocycles. The van der Waals surface area contributed by atoms with Crippen molar-refractivity contribution in [2.24, 2.45) is 0 Å². The summed E-state index contributed by atoms with van der Waals surface area (Å²) in [5.74, 6) is 0. The monoisotopic (exact) mass is 185 g/mol. The average Bonchev–Trinajstić information content (AvgIpc) is 2.28. The fourth-order valence-electron chi connectivity index (χ4n) is 1.06. The minimum Gasteiger partial charge on any atom is -0.168 e. The molecule has 0 heterocycles. The van der Waals surface area contributed by atoms with E-state index in [1.54, 1.807) is 0 Å². The van der Waals surface area contributed by atoms with Crippen molar-refractivity contribution < 1.29 is 16.5 Å². The molecule has 2 aliphatic carbocycles. The third kappa shape index (κ3) is 1.61. The van der Waals surface area contributed by atoms with Crippen molar-refractivity contribution in [3.05, 3.63) is 48.5 Å². The van der Waals surface area contributed by atoms with E-state index >= 15 is 0 Å². The van der Waals surface area contributed by atoms with Crippen LogP contribution in [0.3, 0.4) is 0 Å². The summed E-state index contributed by atoms with van der Waals surface area (Å²) in [6.45, 7) is 0. The first-order valence-corrected chi connectivity index (χ1v) is 3.32. The van der Waals surface area contributed by atoms with Crippen molar-refractivity contribution in [1.82, 2.24) is 0 Å². The molecule has 2 aliphatic rings. The van der Waals surface area contributed by atoms with Crippen LogP contribution in [0.15, 0.2) is 42.5 Å². The van der Waals surface area contributed by atoms with Gasteiger partial charge in [-0.15, -0.1) is 29.8 Å². The smallest absolute Gasteiger partial charge is 0 e. The van der Waals surface area contributed by atoms with Gasteiger partial charge in [0.1, 0.15) is 0 Å². The Bertz CT molecular complexity index is 276. The first-order chi connectivity index (χ1) is 4.97. The molecule has 0 atom stereocenters. The SMILES string of the molecule is [Ni].[c-]1ccc2cccccc1-2. The van der Waals surface area contributed by atoms with Gasteiger partial charge in [0.05, 0.1) is 0 Å². The largest absolute Gasteiger partial charge is 0.168 e. The third-order valence-corrected chi connectivity index (χ3v) is 1.57. The van der Waals surface area contributed by atoms with Gasteiger partial charge in [-0.1, -0.05) is 12.1 Å². The van der Waals surface area contributed by atoms with Gasteiger partial charge in [-0.2, -0.15) is 17.7 Å². The van der Waals surface area contributed by atoms with Crippen molar-refractivity contribution in [2.45, 2.75) is 0 Å². The van der Waals surface area contributed by atoms with E-state index in [4.69, 9.17) is 0 Å². The molecule has 0 N–H and O–H groups in total. The molecule has 0 radical (unpaired) electrons. The topological polar surface area (TPSA) is 0 Å². The van der Waals surface area contributed by atoms with E-state index in [0.29, 0.717) is 0 Å². The van der Waals surface area contributed by atoms with Gasteiger partial charge in [0.15, 0.2) is 0 Å². The molecule has 11 heavy (non-hydrogen) atoms. The molecule has 0 aliphatic heterocycles. The predicted molar refractivity (Wildman–Crippen MR) is 41.9 cm³/mol. The summed E-state index contributed by atoms with van der Waals surface area (Å²) in [5.41, 5.74) is 2.44. The fourth-order valence-corrected chi connectivity index (χ4v) is 1.06. The molecule has 58 valence electrons. The van der Waals surface area contributed by atoms with Crippen LogP contribution in [0, 0.1) is 6.07 Å². The summed E-state index contributed by atoms with van der Waals surface area (Å²) < 4.78 is 0. The van der Waals surface area contributed by atoms with Gasteiger partial charge in [-0.05, 0) is 0 Å².